The van der Waals surface area contributed by atoms with E-state index in [-0.39, 0.29) is 0 Å². The first-order valence-electron chi connectivity index (χ1n) is 13.6. The standard InChI is InChI=1S/C18H54N2O8Si10/c1-29(2)19(31(5,6)21-37(17)25-33(9,10)23-34(11,12)26-37)30(3,4)20(29)32(7,8)22-38(18)27-35(13,14)24-36(15,16)28-38/h1-18H3. The van der Waals surface area contributed by atoms with Gasteiger partial charge >= 0.3 is 51.9 Å². The topological polar surface area (TPSA) is 80.3 Å². The fraction of sp³-hybridized carbons (Fsp3) is 1.00. The van der Waals surface area contributed by atoms with E-state index in [0.717, 1.165) is 0 Å². The molecule has 0 aliphatic carbocycles. The molecule has 38 heavy (non-hydrogen) atoms. The van der Waals surface area contributed by atoms with E-state index in [1.807, 2.05) is 0 Å². The Labute approximate surface area is 243 Å². The Morgan fingerprint density at radius 1 is 0.395 bits per heavy atom. The minimum Gasteiger partial charge on any atom is -0.416 e. The van der Waals surface area contributed by atoms with Crippen LogP contribution in [0.2, 0.25) is 118 Å². The molecule has 0 N–H and O–H groups in total. The molecular formula is C18H54N2O8Si10. The Kier molecular flexibility index (Phi) is 8.69. The summed E-state index contributed by atoms with van der Waals surface area (Å²) in [5, 5.41) is 0. The van der Waals surface area contributed by atoms with Crippen molar-refractivity contribution in [2.24, 2.45) is 0 Å². The second kappa shape index (κ2) is 9.63. The van der Waals surface area contributed by atoms with Crippen molar-refractivity contribution < 1.29 is 32.9 Å². The highest BCUT2D eigenvalue weighted by molar-refractivity contribution is 7.20. The first-order valence-corrected chi connectivity index (χ1v) is 40.8. The number of hydrogen-bond donors (Lipinski definition) is 0. The van der Waals surface area contributed by atoms with Gasteiger partial charge in [0.1, 0.15) is 0 Å². The highest BCUT2D eigenvalue weighted by atomic mass is 28.6. The van der Waals surface area contributed by atoms with Gasteiger partial charge in [-0.05, 0) is 105 Å². The second-order valence-electron chi connectivity index (χ2n) is 14.7. The smallest absolute Gasteiger partial charge is 0.416 e. The van der Waals surface area contributed by atoms with E-state index < -0.39 is 85.6 Å². The van der Waals surface area contributed by atoms with Crippen molar-refractivity contribution in [3.8, 4) is 0 Å². The minimum absolute atomic E-state index is 2.08. The Morgan fingerprint density at radius 2 is 0.605 bits per heavy atom. The summed E-state index contributed by atoms with van der Waals surface area (Å²) in [5.74, 6) is 0. The van der Waals surface area contributed by atoms with Crippen LogP contribution in [0.5, 0.6) is 0 Å². The van der Waals surface area contributed by atoms with Crippen molar-refractivity contribution in [2.45, 2.75) is 118 Å². The zero-order valence-corrected chi connectivity index (χ0v) is 37.2. The molecule has 0 aromatic carbocycles. The van der Waals surface area contributed by atoms with E-state index in [0.29, 0.717) is 0 Å². The van der Waals surface area contributed by atoms with Gasteiger partial charge in [0.05, 0.1) is 0 Å². The van der Waals surface area contributed by atoms with Gasteiger partial charge in [0.2, 0.25) is 17.0 Å². The Bertz CT molecular complexity index is 830. The lowest BCUT2D eigenvalue weighted by Crippen LogP contribution is -2.99. The Morgan fingerprint density at radius 3 is 0.816 bits per heavy atom. The maximum absolute atomic E-state index is 7.12. The Hall–Kier alpha value is 1.77. The molecule has 0 saturated carbocycles. The third-order valence-electron chi connectivity index (χ3n) is 6.84. The van der Waals surface area contributed by atoms with Crippen LogP contribution in [0, 0.1) is 0 Å². The molecule has 3 fully saturated rings. The average Bonchev–Trinajstić information content (AvgIpc) is 2.39. The van der Waals surface area contributed by atoms with Crippen molar-refractivity contribution in [1.29, 1.82) is 0 Å². The fourth-order valence-electron chi connectivity index (χ4n) is 8.31. The van der Waals surface area contributed by atoms with Gasteiger partial charge in [0, 0.05) is 13.1 Å². The average molecular weight is 707 g/mol. The van der Waals surface area contributed by atoms with Crippen LogP contribution in [-0.2, 0) is 32.9 Å². The number of rotatable bonds is 6. The van der Waals surface area contributed by atoms with Gasteiger partial charge in [-0.2, -0.15) is 0 Å². The molecule has 0 amide bonds. The molecule has 0 radical (unpaired) electrons. The van der Waals surface area contributed by atoms with Crippen LogP contribution in [0.3, 0.4) is 0 Å². The van der Waals surface area contributed by atoms with Gasteiger partial charge in [-0.15, -0.1) is 0 Å². The van der Waals surface area contributed by atoms with E-state index in [1.165, 1.54) is 0 Å². The van der Waals surface area contributed by atoms with Gasteiger partial charge in [-0.3, -0.25) is 0 Å². The largest absolute Gasteiger partial charge is 0.470 e. The highest BCUT2D eigenvalue weighted by Crippen LogP contribution is 2.48. The molecule has 3 aliphatic rings. The van der Waals surface area contributed by atoms with Crippen molar-refractivity contribution in [2.75, 3.05) is 0 Å². The molecule has 3 aliphatic heterocycles. The summed E-state index contributed by atoms with van der Waals surface area (Å²) in [6.45, 7) is 40.2. The monoisotopic (exact) mass is 706 g/mol. The molecule has 10 nitrogen and oxygen atoms in total. The lowest BCUT2D eigenvalue weighted by molar-refractivity contribution is 0.166. The quantitative estimate of drug-likeness (QED) is 0.330. The second-order valence-corrected chi connectivity index (χ2v) is 53.0. The van der Waals surface area contributed by atoms with Gasteiger partial charge < -0.3 is 40.7 Å². The van der Waals surface area contributed by atoms with Crippen molar-refractivity contribution in [3.63, 3.8) is 0 Å². The molecule has 0 aromatic heterocycles. The lowest BCUT2D eigenvalue weighted by atomic mass is 11.9. The summed E-state index contributed by atoms with van der Waals surface area (Å²) >= 11 is 0. The summed E-state index contributed by atoms with van der Waals surface area (Å²) in [7, 11) is -23.9. The first-order chi connectivity index (χ1) is 16.4. The molecule has 224 valence electrons. The minimum atomic E-state index is -2.87. The van der Waals surface area contributed by atoms with Gasteiger partial charge in [0.25, 0.3) is 0 Å². The highest BCUT2D eigenvalue weighted by Gasteiger charge is 2.73. The maximum atomic E-state index is 7.12. The molecule has 3 heterocycles. The maximum Gasteiger partial charge on any atom is 0.470 e. The normalized spacial score (nSPS) is 31.4. The zero-order chi connectivity index (χ0) is 29.8. The Balaban J connectivity index is 1.88. The van der Waals surface area contributed by atoms with Crippen LogP contribution in [0.25, 0.3) is 0 Å². The predicted molar refractivity (Wildman–Crippen MR) is 175 cm³/mol. The van der Waals surface area contributed by atoms with E-state index in [9.17, 15) is 0 Å². The summed E-state index contributed by atoms with van der Waals surface area (Å²) < 4.78 is 58.7. The molecular weight excluding hydrogens is 653 g/mol. The van der Waals surface area contributed by atoms with E-state index >= 15 is 0 Å². The first kappa shape index (κ1) is 34.3. The van der Waals surface area contributed by atoms with Crippen LogP contribution < -0.4 is 0 Å². The number of hydrogen-bond acceptors (Lipinski definition) is 10. The van der Waals surface area contributed by atoms with Crippen LogP contribution in [-0.4, -0.2) is 93.4 Å². The molecule has 0 aromatic rings. The summed E-state index contributed by atoms with van der Waals surface area (Å²) in [6, 6.07) is 0. The van der Waals surface area contributed by atoms with Gasteiger partial charge in [-0.25, -0.2) is 0 Å². The molecule has 0 bridgehead atoms. The molecule has 0 atom stereocenters. The lowest BCUT2D eigenvalue weighted by Gasteiger charge is -2.75. The van der Waals surface area contributed by atoms with E-state index in [4.69, 9.17) is 32.9 Å². The zero-order valence-electron chi connectivity index (χ0n) is 27.2. The van der Waals surface area contributed by atoms with Crippen molar-refractivity contribution in [1.82, 2.24) is 7.79 Å². The summed E-state index contributed by atoms with van der Waals surface area (Å²) in [5.41, 5.74) is 0. The van der Waals surface area contributed by atoms with Crippen LogP contribution in [0.4, 0.5) is 0 Å². The van der Waals surface area contributed by atoms with Crippen LogP contribution >= 0.6 is 0 Å². The number of nitrogens with zero attached hydrogens (tertiary/aromatic N) is 2. The molecule has 0 spiro atoms. The molecule has 3 rings (SSSR count). The fourth-order valence-corrected chi connectivity index (χ4v) is 82.9. The van der Waals surface area contributed by atoms with E-state index in [1.54, 1.807) is 0 Å². The van der Waals surface area contributed by atoms with Crippen molar-refractivity contribution >= 4 is 85.6 Å². The predicted octanol–water partition coefficient (Wildman–Crippen LogP) is 5.52. The van der Waals surface area contributed by atoms with Crippen LogP contribution in [0.15, 0.2) is 0 Å². The molecule has 20 heteroatoms. The van der Waals surface area contributed by atoms with Gasteiger partial charge in [-0.1, -0.05) is 0 Å². The van der Waals surface area contributed by atoms with E-state index in [2.05, 4.69) is 126 Å². The van der Waals surface area contributed by atoms with Crippen molar-refractivity contribution in [3.05, 3.63) is 0 Å². The SMILES string of the molecule is C[Si]1(C)O[Si](C)(C)O[Si](C)(O[Si](C)(C)N2[Si](C)(C)N([Si](C)(C)O[Si]3(C)O[Si](C)(C)O[Si](C)(C)O3)[Si]2(C)C)O1. The van der Waals surface area contributed by atoms with Crippen LogP contribution in [0.1, 0.15) is 0 Å². The van der Waals surface area contributed by atoms with Gasteiger partial charge in [0.15, 0.2) is 16.8 Å². The summed E-state index contributed by atoms with van der Waals surface area (Å²) in [4.78, 5) is 0. The third-order valence-corrected chi connectivity index (χ3v) is 61.6. The molecule has 0 unspecified atom stereocenters. The third kappa shape index (κ3) is 6.94. The molecule has 3 saturated heterocycles. The summed E-state index contributed by atoms with van der Waals surface area (Å²) in [6.07, 6.45) is 0.